The lowest BCUT2D eigenvalue weighted by Crippen LogP contribution is -2.47. The molecule has 2 aliphatic rings. The molecular weight excluding hydrogens is 474 g/mol. The van der Waals surface area contributed by atoms with Gasteiger partial charge in [0.15, 0.2) is 5.82 Å². The largest absolute Gasteiger partial charge is 0.423 e. The molecule has 1 amide bonds. The van der Waals surface area contributed by atoms with Crippen molar-refractivity contribution >= 4 is 17.5 Å². The zero-order valence-corrected chi connectivity index (χ0v) is 18.9. The second kappa shape index (κ2) is 10.1. The first-order valence-corrected chi connectivity index (χ1v) is 11.2. The van der Waals surface area contributed by atoms with Crippen LogP contribution < -0.4 is 15.8 Å². The van der Waals surface area contributed by atoms with Crippen molar-refractivity contribution in [2.24, 2.45) is 0 Å². The van der Waals surface area contributed by atoms with E-state index in [1.54, 1.807) is 16.9 Å². The summed E-state index contributed by atoms with van der Waals surface area (Å²) < 4.78 is 58.4. The molecule has 2 aromatic heterocycles. The third-order valence-electron chi connectivity index (χ3n) is 6.07. The van der Waals surface area contributed by atoms with Gasteiger partial charge in [-0.2, -0.15) is 18.3 Å². The van der Waals surface area contributed by atoms with Crippen molar-refractivity contribution in [1.29, 1.82) is 0 Å². The van der Waals surface area contributed by atoms with Gasteiger partial charge in [0.25, 0.3) is 11.5 Å². The monoisotopic (exact) mass is 499 g/mol. The Morgan fingerprint density at radius 1 is 1.14 bits per heavy atom. The van der Waals surface area contributed by atoms with Crippen molar-refractivity contribution < 1.29 is 27.1 Å². The van der Waals surface area contributed by atoms with Gasteiger partial charge in [0.05, 0.1) is 30.9 Å². The van der Waals surface area contributed by atoms with Crippen LogP contribution >= 0.6 is 0 Å². The summed E-state index contributed by atoms with van der Waals surface area (Å²) >= 11 is 0. The number of ether oxygens (including phenoxy) is 1. The average Bonchev–Trinajstić information content (AvgIpc) is 3.18. The zero-order valence-electron chi connectivity index (χ0n) is 18.9. The molecule has 14 heteroatoms. The highest BCUT2D eigenvalue weighted by molar-refractivity contribution is 5.83. The smallest absolute Gasteiger partial charge is 0.378 e. The number of alkyl halides is 3. The van der Waals surface area contributed by atoms with Gasteiger partial charge in [-0.25, -0.2) is 19.5 Å². The van der Waals surface area contributed by atoms with Crippen LogP contribution in [0.5, 0.6) is 0 Å². The minimum Gasteiger partial charge on any atom is -0.378 e. The van der Waals surface area contributed by atoms with E-state index in [1.165, 1.54) is 0 Å². The molecule has 2 atom stereocenters. The fourth-order valence-electron chi connectivity index (χ4n) is 4.40. The second-order valence-electron chi connectivity index (χ2n) is 8.59. The molecule has 0 bridgehead atoms. The number of nitrogens with one attached hydrogen (secondary N) is 2. The van der Waals surface area contributed by atoms with E-state index < -0.39 is 40.9 Å². The number of aromatic nitrogens is 4. The van der Waals surface area contributed by atoms with E-state index in [2.05, 4.69) is 20.4 Å². The zero-order chi connectivity index (χ0) is 25.2. The lowest BCUT2D eigenvalue weighted by Gasteiger charge is -2.36. The molecule has 4 heterocycles. The van der Waals surface area contributed by atoms with Gasteiger partial charge in [-0.3, -0.25) is 9.59 Å². The van der Waals surface area contributed by atoms with Crippen LogP contribution in [0.25, 0.3) is 0 Å². The average molecular weight is 499 g/mol. The number of H-pyrrole nitrogens is 1. The van der Waals surface area contributed by atoms with E-state index in [4.69, 9.17) is 4.74 Å². The van der Waals surface area contributed by atoms with Gasteiger partial charge in [0.1, 0.15) is 11.7 Å². The molecule has 2 aliphatic heterocycles. The number of rotatable bonds is 7. The minimum absolute atomic E-state index is 0.0276. The van der Waals surface area contributed by atoms with Crippen molar-refractivity contribution in [2.45, 2.75) is 50.6 Å². The van der Waals surface area contributed by atoms with Gasteiger partial charge in [-0.15, -0.1) is 0 Å². The molecule has 0 spiro atoms. The van der Waals surface area contributed by atoms with Gasteiger partial charge in [0, 0.05) is 38.1 Å². The Labute approximate surface area is 197 Å². The van der Waals surface area contributed by atoms with Crippen LogP contribution in [0.15, 0.2) is 23.4 Å². The predicted molar refractivity (Wildman–Crippen MR) is 116 cm³/mol. The Hall–Kier alpha value is -3.29. The van der Waals surface area contributed by atoms with Crippen molar-refractivity contribution in [3.8, 4) is 0 Å². The number of anilines is 2. The summed E-state index contributed by atoms with van der Waals surface area (Å²) in [5.74, 6) is -0.205. The molecule has 4 rings (SSSR count). The Bertz CT molecular complexity index is 1090. The molecular formula is C21H25F4N7O3. The van der Waals surface area contributed by atoms with Crippen LogP contribution in [0, 0.1) is 5.82 Å². The molecule has 10 nitrogen and oxygen atoms in total. The van der Waals surface area contributed by atoms with Crippen molar-refractivity contribution in [1.82, 2.24) is 25.1 Å². The number of nitrogens with zero attached hydrogens (tertiary/aromatic N) is 5. The molecule has 0 saturated carbocycles. The molecule has 2 fully saturated rings. The van der Waals surface area contributed by atoms with Crippen LogP contribution in [-0.2, 0) is 15.7 Å². The first kappa shape index (κ1) is 24.8. The number of halogens is 4. The Kier molecular flexibility index (Phi) is 7.19. The first-order valence-electron chi connectivity index (χ1n) is 11.2. The maximum atomic E-state index is 13.2. The summed E-state index contributed by atoms with van der Waals surface area (Å²) in [6.45, 7) is 3.33. The summed E-state index contributed by atoms with van der Waals surface area (Å²) in [5.41, 5.74) is -3.15. The van der Waals surface area contributed by atoms with E-state index in [9.17, 15) is 27.2 Å². The summed E-state index contributed by atoms with van der Waals surface area (Å²) in [5, 5.41) is 7.80. The summed E-state index contributed by atoms with van der Waals surface area (Å²) in [6, 6.07) is -0.583. The Morgan fingerprint density at radius 2 is 1.83 bits per heavy atom. The molecule has 2 N–H and O–H groups in total. The normalized spacial score (nSPS) is 20.4. The maximum absolute atomic E-state index is 13.2. The SMILES string of the molecule is CC(COC1CCN(C2CCN(c3ncc(F)cn3)CC2)C1=O)Nc1cn[nH]c(=O)c1C(F)(F)F. The van der Waals surface area contributed by atoms with E-state index in [0.717, 1.165) is 18.6 Å². The summed E-state index contributed by atoms with van der Waals surface area (Å²) in [4.78, 5) is 36.2. The number of hydrogen-bond donors (Lipinski definition) is 2. The second-order valence-corrected chi connectivity index (χ2v) is 8.59. The maximum Gasteiger partial charge on any atom is 0.423 e. The van der Waals surface area contributed by atoms with Gasteiger partial charge in [-0.1, -0.05) is 0 Å². The van der Waals surface area contributed by atoms with Crippen LogP contribution in [0.4, 0.5) is 29.2 Å². The van der Waals surface area contributed by atoms with Crippen molar-refractivity contribution in [3.63, 3.8) is 0 Å². The number of carbonyl (C=O) groups excluding carboxylic acids is 1. The lowest BCUT2D eigenvalue weighted by atomic mass is 10.0. The highest BCUT2D eigenvalue weighted by Crippen LogP contribution is 2.32. The molecule has 0 radical (unpaired) electrons. The van der Waals surface area contributed by atoms with Crippen molar-refractivity contribution in [3.05, 3.63) is 40.3 Å². The number of aromatic amines is 1. The van der Waals surface area contributed by atoms with Crippen LogP contribution in [0.3, 0.4) is 0 Å². The third-order valence-corrected chi connectivity index (χ3v) is 6.07. The fourth-order valence-corrected chi connectivity index (χ4v) is 4.40. The highest BCUT2D eigenvalue weighted by atomic mass is 19.4. The molecule has 2 saturated heterocycles. The van der Waals surface area contributed by atoms with Gasteiger partial charge >= 0.3 is 6.18 Å². The lowest BCUT2D eigenvalue weighted by molar-refractivity contribution is -0.139. The van der Waals surface area contributed by atoms with Crippen molar-refractivity contribution in [2.75, 3.05) is 36.5 Å². The molecule has 35 heavy (non-hydrogen) atoms. The van der Waals surface area contributed by atoms with E-state index >= 15 is 0 Å². The Morgan fingerprint density at radius 3 is 2.49 bits per heavy atom. The first-order chi connectivity index (χ1) is 16.6. The predicted octanol–water partition coefficient (Wildman–Crippen LogP) is 1.80. The van der Waals surface area contributed by atoms with Gasteiger partial charge in [-0.05, 0) is 19.8 Å². The van der Waals surface area contributed by atoms with Gasteiger partial charge in [0.2, 0.25) is 5.95 Å². The molecule has 0 aliphatic carbocycles. The number of piperidine rings is 1. The molecule has 2 aromatic rings. The van der Waals surface area contributed by atoms with E-state index in [0.29, 0.717) is 44.8 Å². The summed E-state index contributed by atoms with van der Waals surface area (Å²) in [7, 11) is 0. The topological polar surface area (TPSA) is 116 Å². The van der Waals surface area contributed by atoms with E-state index in [1.807, 2.05) is 4.90 Å². The number of carbonyl (C=O) groups is 1. The molecule has 2 unspecified atom stereocenters. The number of likely N-dealkylation sites (tertiary alicyclic amines) is 1. The van der Waals surface area contributed by atoms with Gasteiger partial charge < -0.3 is 19.9 Å². The highest BCUT2D eigenvalue weighted by Gasteiger charge is 2.39. The number of hydrogen-bond acceptors (Lipinski definition) is 8. The number of amides is 1. The third kappa shape index (κ3) is 5.69. The fraction of sp³-hybridized carbons (Fsp3) is 0.571. The quantitative estimate of drug-likeness (QED) is 0.555. The van der Waals surface area contributed by atoms with Crippen LogP contribution in [0.1, 0.15) is 31.7 Å². The standard InChI is InChI=1S/C21H25F4N7O3/c1-12(29-15-10-28-30-18(33)17(15)21(23,24)25)11-35-16-4-7-32(19(16)34)14-2-5-31(6-3-14)20-26-8-13(22)9-27-20/h8-10,12,14,16H,2-7,11H2,1H3,(H2,29,30,33). The Balaban J connectivity index is 1.27. The minimum atomic E-state index is -4.85. The van der Waals surface area contributed by atoms with Crippen LogP contribution in [-0.4, -0.2) is 75.4 Å². The van der Waals surface area contributed by atoms with E-state index in [-0.39, 0.29) is 18.6 Å². The summed E-state index contributed by atoms with van der Waals surface area (Å²) in [6.07, 6.45) is -0.518. The molecule has 0 aromatic carbocycles. The van der Waals surface area contributed by atoms with Crippen LogP contribution in [0.2, 0.25) is 0 Å². The molecule has 190 valence electrons.